The molecule has 1 heterocycles. The SMILES string of the molecule is CN(C(=O)c1c(F)cccc1F)c1cn[nH]c1C(=O)NC1CCC(CN)CC1. The molecule has 1 saturated carbocycles. The number of nitrogens with one attached hydrogen (secondary N) is 2. The van der Waals surface area contributed by atoms with Gasteiger partial charge in [0.1, 0.15) is 22.9 Å². The normalized spacial score (nSPS) is 19.3. The molecule has 0 bridgehead atoms. The first-order valence-corrected chi connectivity index (χ1v) is 9.18. The summed E-state index contributed by atoms with van der Waals surface area (Å²) >= 11 is 0. The first-order chi connectivity index (χ1) is 13.4. The van der Waals surface area contributed by atoms with E-state index >= 15 is 0 Å². The lowest BCUT2D eigenvalue weighted by molar-refractivity contribution is 0.0918. The van der Waals surface area contributed by atoms with Gasteiger partial charge >= 0.3 is 0 Å². The smallest absolute Gasteiger partial charge is 0.271 e. The number of amides is 2. The van der Waals surface area contributed by atoms with E-state index in [1.54, 1.807) is 0 Å². The van der Waals surface area contributed by atoms with E-state index in [2.05, 4.69) is 15.5 Å². The standard InChI is InChI=1S/C19H23F2N5O2/c1-26(19(28)16-13(20)3-2-4-14(16)21)15-10-23-25-17(15)18(27)24-12-7-5-11(9-22)6-8-12/h2-4,10-12H,5-9,22H2,1H3,(H,23,25)(H,24,27). The summed E-state index contributed by atoms with van der Waals surface area (Å²) in [5, 5.41) is 9.31. The molecule has 0 radical (unpaired) electrons. The lowest BCUT2D eigenvalue weighted by atomic mass is 9.86. The summed E-state index contributed by atoms with van der Waals surface area (Å²) in [6, 6.07) is 3.20. The van der Waals surface area contributed by atoms with Crippen LogP contribution < -0.4 is 16.0 Å². The Morgan fingerprint density at radius 2 is 1.89 bits per heavy atom. The molecule has 1 aromatic heterocycles. The van der Waals surface area contributed by atoms with Crippen molar-refractivity contribution in [2.75, 3.05) is 18.5 Å². The van der Waals surface area contributed by atoms with Crippen LogP contribution in [0.5, 0.6) is 0 Å². The molecule has 2 amide bonds. The fourth-order valence-corrected chi connectivity index (χ4v) is 3.48. The van der Waals surface area contributed by atoms with E-state index in [4.69, 9.17) is 5.73 Å². The molecule has 28 heavy (non-hydrogen) atoms. The van der Waals surface area contributed by atoms with Gasteiger partial charge in [-0.15, -0.1) is 0 Å². The zero-order valence-electron chi connectivity index (χ0n) is 15.5. The molecule has 0 aliphatic heterocycles. The predicted molar refractivity (Wildman–Crippen MR) is 99.9 cm³/mol. The number of carbonyl (C=O) groups is 2. The Bertz CT molecular complexity index is 842. The van der Waals surface area contributed by atoms with E-state index in [1.165, 1.54) is 19.3 Å². The van der Waals surface area contributed by atoms with Crippen LogP contribution in [0.3, 0.4) is 0 Å². The Morgan fingerprint density at radius 1 is 1.25 bits per heavy atom. The number of rotatable bonds is 5. The number of hydrogen-bond donors (Lipinski definition) is 3. The monoisotopic (exact) mass is 391 g/mol. The summed E-state index contributed by atoms with van der Waals surface area (Å²) in [6.45, 7) is 0.644. The minimum Gasteiger partial charge on any atom is -0.348 e. The first kappa shape index (κ1) is 19.9. The van der Waals surface area contributed by atoms with E-state index in [0.717, 1.165) is 42.7 Å². The highest BCUT2D eigenvalue weighted by atomic mass is 19.1. The van der Waals surface area contributed by atoms with E-state index in [1.807, 2.05) is 0 Å². The topological polar surface area (TPSA) is 104 Å². The first-order valence-electron chi connectivity index (χ1n) is 9.18. The van der Waals surface area contributed by atoms with E-state index in [-0.39, 0.29) is 17.4 Å². The highest BCUT2D eigenvalue weighted by Gasteiger charge is 2.28. The number of nitrogens with two attached hydrogens (primary N) is 1. The number of nitrogens with zero attached hydrogens (tertiary/aromatic N) is 2. The average molecular weight is 391 g/mol. The number of aromatic nitrogens is 2. The minimum absolute atomic E-state index is 0.0106. The Kier molecular flexibility index (Phi) is 6.03. The molecule has 4 N–H and O–H groups in total. The number of H-pyrrole nitrogens is 1. The molecule has 1 fully saturated rings. The summed E-state index contributed by atoms with van der Waals surface area (Å²) in [6.07, 6.45) is 4.82. The Hall–Kier alpha value is -2.81. The molecule has 1 aliphatic rings. The number of halogens is 2. The van der Waals surface area contributed by atoms with Gasteiger partial charge < -0.3 is 16.0 Å². The maximum absolute atomic E-state index is 13.9. The third-order valence-electron chi connectivity index (χ3n) is 5.20. The zero-order valence-corrected chi connectivity index (χ0v) is 15.5. The van der Waals surface area contributed by atoms with E-state index < -0.39 is 29.0 Å². The second-order valence-corrected chi connectivity index (χ2v) is 7.02. The molecule has 1 aromatic carbocycles. The van der Waals surface area contributed by atoms with Crippen LogP contribution in [0.2, 0.25) is 0 Å². The van der Waals surface area contributed by atoms with Crippen LogP contribution in [0.25, 0.3) is 0 Å². The van der Waals surface area contributed by atoms with Gasteiger partial charge in [-0.05, 0) is 50.3 Å². The van der Waals surface area contributed by atoms with Gasteiger partial charge in [0.25, 0.3) is 11.8 Å². The molecule has 0 atom stereocenters. The van der Waals surface area contributed by atoms with Gasteiger partial charge in [-0.25, -0.2) is 8.78 Å². The highest BCUT2D eigenvalue weighted by Crippen LogP contribution is 2.25. The van der Waals surface area contributed by atoms with Crippen molar-refractivity contribution in [3.8, 4) is 0 Å². The second-order valence-electron chi connectivity index (χ2n) is 7.02. The van der Waals surface area contributed by atoms with Crippen LogP contribution in [0.1, 0.15) is 46.5 Å². The molecule has 0 spiro atoms. The van der Waals surface area contributed by atoms with Gasteiger partial charge in [-0.2, -0.15) is 5.10 Å². The van der Waals surface area contributed by atoms with Gasteiger partial charge in [0.2, 0.25) is 0 Å². The van der Waals surface area contributed by atoms with Gasteiger partial charge in [-0.1, -0.05) is 6.07 Å². The van der Waals surface area contributed by atoms with Crippen molar-refractivity contribution in [1.29, 1.82) is 0 Å². The van der Waals surface area contributed by atoms with Gasteiger partial charge in [-0.3, -0.25) is 14.7 Å². The molecule has 1 aliphatic carbocycles. The van der Waals surface area contributed by atoms with Crippen molar-refractivity contribution in [2.24, 2.45) is 11.7 Å². The zero-order chi connectivity index (χ0) is 20.3. The summed E-state index contributed by atoms with van der Waals surface area (Å²) in [7, 11) is 1.34. The highest BCUT2D eigenvalue weighted by molar-refractivity contribution is 6.09. The van der Waals surface area contributed by atoms with Crippen LogP contribution in [0.4, 0.5) is 14.5 Å². The average Bonchev–Trinajstić information content (AvgIpc) is 3.17. The fourth-order valence-electron chi connectivity index (χ4n) is 3.48. The predicted octanol–water partition coefficient (Wildman–Crippen LogP) is 2.21. The maximum Gasteiger partial charge on any atom is 0.271 e. The molecule has 7 nitrogen and oxygen atoms in total. The Morgan fingerprint density at radius 3 is 2.50 bits per heavy atom. The Balaban J connectivity index is 1.74. The van der Waals surface area contributed by atoms with Gasteiger partial charge in [0.15, 0.2) is 0 Å². The van der Waals surface area contributed by atoms with Crippen LogP contribution in [-0.4, -0.2) is 41.6 Å². The lowest BCUT2D eigenvalue weighted by Gasteiger charge is -2.28. The van der Waals surface area contributed by atoms with Crippen LogP contribution in [-0.2, 0) is 0 Å². The number of benzene rings is 1. The summed E-state index contributed by atoms with van der Waals surface area (Å²) in [4.78, 5) is 26.2. The van der Waals surface area contributed by atoms with Crippen LogP contribution in [0.15, 0.2) is 24.4 Å². The Labute approximate surface area is 161 Å². The maximum atomic E-state index is 13.9. The molecular weight excluding hydrogens is 368 g/mol. The molecule has 2 aromatic rings. The minimum atomic E-state index is -0.969. The van der Waals surface area contributed by atoms with Crippen molar-refractivity contribution >= 4 is 17.5 Å². The molecule has 9 heteroatoms. The van der Waals surface area contributed by atoms with E-state index in [9.17, 15) is 18.4 Å². The number of hydrogen-bond acceptors (Lipinski definition) is 4. The van der Waals surface area contributed by atoms with Gasteiger partial charge in [0, 0.05) is 13.1 Å². The van der Waals surface area contributed by atoms with Crippen molar-refractivity contribution in [3.63, 3.8) is 0 Å². The van der Waals surface area contributed by atoms with E-state index in [0.29, 0.717) is 12.5 Å². The third kappa shape index (κ3) is 4.04. The number of anilines is 1. The second kappa shape index (κ2) is 8.47. The van der Waals surface area contributed by atoms with Crippen molar-refractivity contribution < 1.29 is 18.4 Å². The lowest BCUT2D eigenvalue weighted by Crippen LogP contribution is -2.39. The van der Waals surface area contributed by atoms with Crippen LogP contribution in [0, 0.1) is 17.6 Å². The summed E-state index contributed by atoms with van der Waals surface area (Å²) in [5.74, 6) is -2.78. The molecule has 150 valence electrons. The van der Waals surface area contributed by atoms with Crippen LogP contribution >= 0.6 is 0 Å². The number of aromatic amines is 1. The molecular formula is C19H23F2N5O2. The molecule has 3 rings (SSSR count). The van der Waals surface area contributed by atoms with Crippen molar-refractivity contribution in [1.82, 2.24) is 15.5 Å². The van der Waals surface area contributed by atoms with Crippen molar-refractivity contribution in [2.45, 2.75) is 31.7 Å². The molecule has 0 unspecified atom stereocenters. The largest absolute Gasteiger partial charge is 0.348 e. The fraction of sp³-hybridized carbons (Fsp3) is 0.421. The van der Waals surface area contributed by atoms with Gasteiger partial charge in [0.05, 0.1) is 11.9 Å². The number of carbonyl (C=O) groups excluding carboxylic acids is 2. The third-order valence-corrected chi connectivity index (χ3v) is 5.20. The summed E-state index contributed by atoms with van der Waals surface area (Å²) < 4.78 is 27.9. The molecule has 0 saturated heterocycles. The van der Waals surface area contributed by atoms with Crippen molar-refractivity contribution in [3.05, 3.63) is 47.3 Å². The quantitative estimate of drug-likeness (QED) is 0.727. The summed E-state index contributed by atoms with van der Waals surface area (Å²) in [5.41, 5.74) is 5.21.